The molecule has 0 aromatic heterocycles. The number of hydrogen-bond donors (Lipinski definition) is 3. The van der Waals surface area contributed by atoms with Crippen molar-refractivity contribution in [3.05, 3.63) is 29.8 Å². The van der Waals surface area contributed by atoms with Gasteiger partial charge in [-0.1, -0.05) is 25.8 Å². The number of hydrogen-bond acceptors (Lipinski definition) is 3. The molecular weight excluding hydrogens is 326 g/mol. The van der Waals surface area contributed by atoms with Gasteiger partial charge in [0.1, 0.15) is 0 Å². The fourth-order valence-electron chi connectivity index (χ4n) is 3.02. The van der Waals surface area contributed by atoms with Crippen molar-refractivity contribution in [3.8, 4) is 0 Å². The summed E-state index contributed by atoms with van der Waals surface area (Å²) in [6, 6.07) is 7.17. The van der Waals surface area contributed by atoms with E-state index in [0.717, 1.165) is 32.1 Å². The number of halogens is 1. The first-order chi connectivity index (χ1) is 11.1. The molecule has 0 heterocycles. The smallest absolute Gasteiger partial charge is 0.251 e. The Morgan fingerprint density at radius 1 is 1.25 bits per heavy atom. The van der Waals surface area contributed by atoms with Gasteiger partial charge in [0.2, 0.25) is 5.91 Å². The van der Waals surface area contributed by atoms with Gasteiger partial charge in [-0.05, 0) is 43.4 Å². The van der Waals surface area contributed by atoms with Crippen LogP contribution >= 0.6 is 12.4 Å². The van der Waals surface area contributed by atoms with Crippen LogP contribution in [0, 0.1) is 5.92 Å². The van der Waals surface area contributed by atoms with Gasteiger partial charge in [-0.2, -0.15) is 0 Å². The van der Waals surface area contributed by atoms with Crippen LogP contribution < -0.4 is 16.4 Å². The van der Waals surface area contributed by atoms with Crippen molar-refractivity contribution in [1.29, 1.82) is 0 Å². The summed E-state index contributed by atoms with van der Waals surface area (Å²) in [6.45, 7) is 2.65. The monoisotopic (exact) mass is 353 g/mol. The van der Waals surface area contributed by atoms with Crippen LogP contribution in [-0.4, -0.2) is 24.4 Å². The summed E-state index contributed by atoms with van der Waals surface area (Å²) in [6.07, 6.45) is 5.68. The Morgan fingerprint density at radius 2 is 2.00 bits per heavy atom. The van der Waals surface area contributed by atoms with E-state index < -0.39 is 0 Å². The highest BCUT2D eigenvalue weighted by atomic mass is 35.5. The first-order valence-electron chi connectivity index (χ1n) is 8.54. The maximum atomic E-state index is 12.2. The summed E-state index contributed by atoms with van der Waals surface area (Å²) < 4.78 is 0. The van der Waals surface area contributed by atoms with E-state index in [1.165, 1.54) is 0 Å². The van der Waals surface area contributed by atoms with E-state index >= 15 is 0 Å². The molecule has 2 unspecified atom stereocenters. The SMILES string of the molecule is CCCNC(=O)c1cccc(NC(=O)CC2CCCCC2N)c1.Cl. The fourth-order valence-corrected chi connectivity index (χ4v) is 3.02. The molecule has 24 heavy (non-hydrogen) atoms. The number of rotatable bonds is 6. The highest BCUT2D eigenvalue weighted by molar-refractivity contribution is 5.97. The van der Waals surface area contributed by atoms with E-state index in [-0.39, 0.29) is 36.2 Å². The van der Waals surface area contributed by atoms with Crippen LogP contribution in [0.4, 0.5) is 5.69 Å². The Morgan fingerprint density at radius 3 is 2.71 bits per heavy atom. The predicted molar refractivity (Wildman–Crippen MR) is 99.5 cm³/mol. The summed E-state index contributed by atoms with van der Waals surface area (Å²) in [5, 5.41) is 5.72. The molecule has 1 aromatic rings. The zero-order valence-corrected chi connectivity index (χ0v) is 15.0. The topological polar surface area (TPSA) is 84.2 Å². The van der Waals surface area contributed by atoms with Crippen molar-refractivity contribution in [1.82, 2.24) is 5.32 Å². The molecule has 2 rings (SSSR count). The summed E-state index contributed by atoms with van der Waals surface area (Å²) in [7, 11) is 0. The van der Waals surface area contributed by atoms with Gasteiger partial charge < -0.3 is 16.4 Å². The van der Waals surface area contributed by atoms with Crippen LogP contribution in [0.25, 0.3) is 0 Å². The van der Waals surface area contributed by atoms with Gasteiger partial charge in [0.15, 0.2) is 0 Å². The summed E-state index contributed by atoms with van der Waals surface area (Å²) in [5.74, 6) is 0.121. The van der Waals surface area contributed by atoms with Crippen LogP contribution in [0.15, 0.2) is 24.3 Å². The number of amides is 2. The molecule has 6 heteroatoms. The molecule has 1 aliphatic carbocycles. The van der Waals surface area contributed by atoms with Crippen LogP contribution in [0.1, 0.15) is 55.8 Å². The van der Waals surface area contributed by atoms with Gasteiger partial charge in [0.25, 0.3) is 5.91 Å². The lowest BCUT2D eigenvalue weighted by atomic mass is 9.83. The maximum absolute atomic E-state index is 12.2. The standard InChI is InChI=1S/C18H27N3O2.ClH/c1-2-10-20-18(23)14-7-5-8-15(11-14)21-17(22)12-13-6-3-4-9-16(13)19;/h5,7-8,11,13,16H,2-4,6,9-10,12,19H2,1H3,(H,20,23)(H,21,22);1H. The van der Waals surface area contributed by atoms with Gasteiger partial charge in [-0.25, -0.2) is 0 Å². The highest BCUT2D eigenvalue weighted by Gasteiger charge is 2.24. The summed E-state index contributed by atoms with van der Waals surface area (Å²) >= 11 is 0. The molecule has 1 saturated carbocycles. The molecule has 0 saturated heterocycles. The van der Waals surface area contributed by atoms with Crippen LogP contribution in [0.5, 0.6) is 0 Å². The third kappa shape index (κ3) is 6.13. The molecule has 2 atom stereocenters. The molecule has 4 N–H and O–H groups in total. The molecule has 0 radical (unpaired) electrons. The molecule has 1 aliphatic rings. The molecule has 5 nitrogen and oxygen atoms in total. The number of carbonyl (C=O) groups excluding carboxylic acids is 2. The quantitative estimate of drug-likeness (QED) is 0.734. The Labute approximate surface area is 150 Å². The van der Waals surface area contributed by atoms with Gasteiger partial charge in [0, 0.05) is 30.3 Å². The van der Waals surface area contributed by atoms with Crippen LogP contribution in [-0.2, 0) is 4.79 Å². The molecule has 1 aromatic carbocycles. The van der Waals surface area contributed by atoms with Crippen molar-refractivity contribution in [2.24, 2.45) is 11.7 Å². The molecule has 2 amide bonds. The normalized spacial score (nSPS) is 19.9. The van der Waals surface area contributed by atoms with Crippen molar-refractivity contribution in [2.75, 3.05) is 11.9 Å². The Balaban J connectivity index is 0.00000288. The molecule has 0 spiro atoms. The average Bonchev–Trinajstić information content (AvgIpc) is 2.55. The molecular formula is C18H28ClN3O2. The van der Waals surface area contributed by atoms with Crippen molar-refractivity contribution < 1.29 is 9.59 Å². The van der Waals surface area contributed by atoms with E-state index in [9.17, 15) is 9.59 Å². The van der Waals surface area contributed by atoms with E-state index in [2.05, 4.69) is 10.6 Å². The fraction of sp³-hybridized carbons (Fsp3) is 0.556. The molecule has 0 aliphatic heterocycles. The number of carbonyl (C=O) groups is 2. The highest BCUT2D eigenvalue weighted by Crippen LogP contribution is 2.26. The van der Waals surface area contributed by atoms with Gasteiger partial charge in [-0.15, -0.1) is 12.4 Å². The van der Waals surface area contributed by atoms with Gasteiger partial charge in [-0.3, -0.25) is 9.59 Å². The third-order valence-electron chi connectivity index (χ3n) is 4.36. The van der Waals surface area contributed by atoms with Gasteiger partial charge in [0.05, 0.1) is 0 Å². The third-order valence-corrected chi connectivity index (χ3v) is 4.36. The van der Waals surface area contributed by atoms with E-state index in [1.54, 1.807) is 24.3 Å². The van der Waals surface area contributed by atoms with E-state index in [0.29, 0.717) is 24.2 Å². The van der Waals surface area contributed by atoms with Crippen molar-refractivity contribution in [2.45, 2.75) is 51.5 Å². The second-order valence-corrected chi connectivity index (χ2v) is 6.30. The van der Waals surface area contributed by atoms with Crippen molar-refractivity contribution >= 4 is 29.9 Å². The minimum absolute atomic E-state index is 0. The Kier molecular flexibility index (Phi) is 8.79. The minimum Gasteiger partial charge on any atom is -0.352 e. The predicted octanol–water partition coefficient (Wildman–Crippen LogP) is 3.09. The second-order valence-electron chi connectivity index (χ2n) is 6.30. The Bertz CT molecular complexity index is 551. The largest absolute Gasteiger partial charge is 0.352 e. The Hall–Kier alpha value is -1.59. The lowest BCUT2D eigenvalue weighted by Crippen LogP contribution is -2.35. The summed E-state index contributed by atoms with van der Waals surface area (Å²) in [4.78, 5) is 24.2. The van der Waals surface area contributed by atoms with E-state index in [1.807, 2.05) is 6.92 Å². The summed E-state index contributed by atoms with van der Waals surface area (Å²) in [5.41, 5.74) is 7.31. The number of nitrogens with two attached hydrogens (primary N) is 1. The first kappa shape index (κ1) is 20.5. The zero-order valence-electron chi connectivity index (χ0n) is 14.2. The first-order valence-corrected chi connectivity index (χ1v) is 8.54. The maximum Gasteiger partial charge on any atom is 0.251 e. The van der Waals surface area contributed by atoms with Crippen molar-refractivity contribution in [3.63, 3.8) is 0 Å². The molecule has 134 valence electrons. The lowest BCUT2D eigenvalue weighted by molar-refractivity contribution is -0.117. The minimum atomic E-state index is -0.114. The van der Waals surface area contributed by atoms with Crippen LogP contribution in [0.3, 0.4) is 0 Å². The van der Waals surface area contributed by atoms with Crippen LogP contribution in [0.2, 0.25) is 0 Å². The van der Waals surface area contributed by atoms with E-state index in [4.69, 9.17) is 5.73 Å². The number of nitrogens with one attached hydrogen (secondary N) is 2. The molecule has 1 fully saturated rings. The lowest BCUT2D eigenvalue weighted by Gasteiger charge is -2.27. The molecule has 0 bridgehead atoms. The zero-order chi connectivity index (χ0) is 16.7. The number of benzene rings is 1. The second kappa shape index (κ2) is 10.3. The average molecular weight is 354 g/mol. The number of anilines is 1. The van der Waals surface area contributed by atoms with Gasteiger partial charge >= 0.3 is 0 Å².